The lowest BCUT2D eigenvalue weighted by Gasteiger charge is -2.30. The number of hydrogen-bond donors (Lipinski definition) is 1. The van der Waals surface area contributed by atoms with Gasteiger partial charge in [0.05, 0.1) is 12.2 Å². The van der Waals surface area contributed by atoms with E-state index in [1.54, 1.807) is 23.1 Å². The molecule has 0 saturated heterocycles. The van der Waals surface area contributed by atoms with Gasteiger partial charge in [0.2, 0.25) is 5.91 Å². The van der Waals surface area contributed by atoms with Crippen molar-refractivity contribution in [1.29, 1.82) is 0 Å². The molecule has 142 valence electrons. The predicted octanol–water partition coefficient (Wildman–Crippen LogP) is 3.48. The van der Waals surface area contributed by atoms with E-state index < -0.39 is 5.41 Å². The highest BCUT2D eigenvalue weighted by molar-refractivity contribution is 6.00. The van der Waals surface area contributed by atoms with Crippen LogP contribution < -0.4 is 19.7 Å². The third-order valence-electron chi connectivity index (χ3n) is 4.17. The third kappa shape index (κ3) is 4.58. The largest absolute Gasteiger partial charge is 0.492 e. The summed E-state index contributed by atoms with van der Waals surface area (Å²) < 4.78 is 11.2. The van der Waals surface area contributed by atoms with Gasteiger partial charge in [-0.1, -0.05) is 39.0 Å². The number of anilines is 2. The Morgan fingerprint density at radius 3 is 2.63 bits per heavy atom. The molecular weight excluding hydrogens is 344 g/mol. The van der Waals surface area contributed by atoms with Crippen LogP contribution in [0.4, 0.5) is 11.4 Å². The average molecular weight is 368 g/mol. The fraction of sp³-hybridized carbons (Fsp3) is 0.333. The van der Waals surface area contributed by atoms with Gasteiger partial charge in [-0.15, -0.1) is 0 Å². The van der Waals surface area contributed by atoms with Crippen LogP contribution in [-0.2, 0) is 9.59 Å². The lowest BCUT2D eigenvalue weighted by Crippen LogP contribution is -2.41. The summed E-state index contributed by atoms with van der Waals surface area (Å²) in [7, 11) is 0. The zero-order chi connectivity index (χ0) is 19.4. The lowest BCUT2D eigenvalue weighted by atomic mass is 9.95. The second-order valence-electron chi connectivity index (χ2n) is 7.38. The molecule has 6 nitrogen and oxygen atoms in total. The van der Waals surface area contributed by atoms with E-state index in [4.69, 9.17) is 9.47 Å². The summed E-state index contributed by atoms with van der Waals surface area (Å²) in [5, 5.41) is 2.89. The minimum Gasteiger partial charge on any atom is -0.492 e. The van der Waals surface area contributed by atoms with Crippen molar-refractivity contribution in [2.45, 2.75) is 20.8 Å². The maximum absolute atomic E-state index is 12.4. The molecule has 1 heterocycles. The minimum absolute atomic E-state index is 0.00790. The minimum atomic E-state index is -0.508. The molecule has 2 aromatic carbocycles. The molecule has 0 atom stereocenters. The summed E-state index contributed by atoms with van der Waals surface area (Å²) in [5.41, 5.74) is 0.751. The van der Waals surface area contributed by atoms with Crippen molar-refractivity contribution in [1.82, 2.24) is 0 Å². The average Bonchev–Trinajstić information content (AvgIpc) is 2.63. The molecule has 27 heavy (non-hydrogen) atoms. The van der Waals surface area contributed by atoms with Gasteiger partial charge in [0.1, 0.15) is 18.1 Å². The van der Waals surface area contributed by atoms with Crippen molar-refractivity contribution in [2.24, 2.45) is 5.41 Å². The van der Waals surface area contributed by atoms with Crippen LogP contribution in [0.2, 0.25) is 0 Å². The van der Waals surface area contributed by atoms with Crippen LogP contribution in [0.3, 0.4) is 0 Å². The van der Waals surface area contributed by atoms with E-state index in [0.717, 1.165) is 5.75 Å². The summed E-state index contributed by atoms with van der Waals surface area (Å²) in [4.78, 5) is 26.2. The predicted molar refractivity (Wildman–Crippen MR) is 104 cm³/mol. The molecule has 2 aromatic rings. The van der Waals surface area contributed by atoms with Crippen molar-refractivity contribution in [3.8, 4) is 11.5 Å². The maximum Gasteiger partial charge on any atom is 0.265 e. The highest BCUT2D eigenvalue weighted by Crippen LogP contribution is 2.35. The number of rotatable bonds is 5. The monoisotopic (exact) mass is 368 g/mol. The number of nitrogens with zero attached hydrogens (tertiary/aromatic N) is 1. The first-order chi connectivity index (χ1) is 12.8. The van der Waals surface area contributed by atoms with E-state index >= 15 is 0 Å². The second-order valence-corrected chi connectivity index (χ2v) is 7.38. The Balaban J connectivity index is 1.73. The number of benzene rings is 2. The van der Waals surface area contributed by atoms with Crippen LogP contribution in [0.15, 0.2) is 48.5 Å². The Kier molecular flexibility index (Phi) is 5.35. The van der Waals surface area contributed by atoms with Gasteiger partial charge in [-0.25, -0.2) is 0 Å². The van der Waals surface area contributed by atoms with E-state index in [2.05, 4.69) is 5.32 Å². The van der Waals surface area contributed by atoms with Gasteiger partial charge in [-0.2, -0.15) is 0 Å². The molecule has 0 radical (unpaired) electrons. The molecule has 0 bridgehead atoms. The summed E-state index contributed by atoms with van der Waals surface area (Å²) in [6, 6.07) is 14.8. The van der Waals surface area contributed by atoms with Crippen LogP contribution in [-0.4, -0.2) is 31.6 Å². The smallest absolute Gasteiger partial charge is 0.265 e. The van der Waals surface area contributed by atoms with Crippen molar-refractivity contribution in [3.05, 3.63) is 48.5 Å². The molecule has 0 unspecified atom stereocenters. The quantitative estimate of drug-likeness (QED) is 0.877. The Morgan fingerprint density at radius 1 is 1.19 bits per heavy atom. The molecule has 2 amide bonds. The summed E-state index contributed by atoms with van der Waals surface area (Å²) >= 11 is 0. The first-order valence-electron chi connectivity index (χ1n) is 8.91. The number of hydrogen-bond acceptors (Lipinski definition) is 4. The van der Waals surface area contributed by atoms with Gasteiger partial charge in [0.25, 0.3) is 5.91 Å². The van der Waals surface area contributed by atoms with E-state index in [-0.39, 0.29) is 18.4 Å². The van der Waals surface area contributed by atoms with Crippen LogP contribution in [0.5, 0.6) is 11.5 Å². The topological polar surface area (TPSA) is 67.9 Å². The lowest BCUT2D eigenvalue weighted by molar-refractivity contribution is -0.123. The van der Waals surface area contributed by atoms with Gasteiger partial charge in [0.15, 0.2) is 6.61 Å². The number of ether oxygens (including phenoxy) is 2. The van der Waals surface area contributed by atoms with Gasteiger partial charge in [-0.3, -0.25) is 9.59 Å². The van der Waals surface area contributed by atoms with Crippen molar-refractivity contribution < 1.29 is 19.1 Å². The van der Waals surface area contributed by atoms with Crippen LogP contribution in [0.1, 0.15) is 20.8 Å². The summed E-state index contributed by atoms with van der Waals surface area (Å²) in [6.07, 6.45) is 0. The molecular formula is C21H24N2O4. The number of fused-ring (bicyclic) bond motifs is 1. The van der Waals surface area contributed by atoms with Gasteiger partial charge in [0, 0.05) is 11.1 Å². The van der Waals surface area contributed by atoms with Crippen molar-refractivity contribution >= 4 is 23.2 Å². The van der Waals surface area contributed by atoms with Gasteiger partial charge in [-0.05, 0) is 30.3 Å². The SMILES string of the molecule is CC(C)(C)C(=O)Nc1ccc2c(c1)N(CCOc1ccccc1)C(=O)CO2. The number of carbonyl (C=O) groups excluding carboxylic acids is 2. The fourth-order valence-corrected chi connectivity index (χ4v) is 2.62. The number of carbonyl (C=O) groups is 2. The van der Waals surface area contributed by atoms with Gasteiger partial charge < -0.3 is 19.7 Å². The first-order valence-corrected chi connectivity index (χ1v) is 8.91. The summed E-state index contributed by atoms with van der Waals surface area (Å²) in [6.45, 7) is 6.28. The van der Waals surface area contributed by atoms with Crippen molar-refractivity contribution in [2.75, 3.05) is 30.0 Å². The molecule has 1 N–H and O–H groups in total. The van der Waals surface area contributed by atoms with Crippen LogP contribution >= 0.6 is 0 Å². The van der Waals surface area contributed by atoms with Crippen LogP contribution in [0.25, 0.3) is 0 Å². The zero-order valence-electron chi connectivity index (χ0n) is 15.8. The molecule has 0 aliphatic carbocycles. The number of nitrogens with one attached hydrogen (secondary N) is 1. The number of amides is 2. The second kappa shape index (κ2) is 7.70. The molecule has 1 aliphatic rings. The van der Waals surface area contributed by atoms with E-state index in [1.807, 2.05) is 51.1 Å². The van der Waals surface area contributed by atoms with E-state index in [1.165, 1.54) is 0 Å². The Labute approximate surface area is 159 Å². The van der Waals surface area contributed by atoms with Crippen molar-refractivity contribution in [3.63, 3.8) is 0 Å². The Morgan fingerprint density at radius 2 is 1.93 bits per heavy atom. The molecule has 6 heteroatoms. The summed E-state index contributed by atoms with van der Waals surface area (Å²) in [5.74, 6) is 1.13. The molecule has 0 fully saturated rings. The highest BCUT2D eigenvalue weighted by atomic mass is 16.5. The normalized spacial score (nSPS) is 13.6. The Hall–Kier alpha value is -3.02. The molecule has 3 rings (SSSR count). The molecule has 0 spiro atoms. The fourth-order valence-electron chi connectivity index (χ4n) is 2.62. The first kappa shape index (κ1) is 18.8. The van der Waals surface area contributed by atoms with E-state index in [9.17, 15) is 9.59 Å². The zero-order valence-corrected chi connectivity index (χ0v) is 15.8. The molecule has 1 aliphatic heterocycles. The highest BCUT2D eigenvalue weighted by Gasteiger charge is 2.27. The molecule has 0 saturated carbocycles. The standard InChI is InChI=1S/C21H24N2O4/c1-21(2,3)20(25)22-15-9-10-18-17(13-15)23(19(24)14-27-18)11-12-26-16-7-5-4-6-8-16/h4-10,13H,11-12,14H2,1-3H3,(H,22,25). The Bertz CT molecular complexity index is 828. The molecule has 0 aromatic heterocycles. The number of para-hydroxylation sites is 1. The van der Waals surface area contributed by atoms with E-state index in [0.29, 0.717) is 30.3 Å². The third-order valence-corrected chi connectivity index (χ3v) is 4.17. The van der Waals surface area contributed by atoms with Gasteiger partial charge >= 0.3 is 0 Å². The maximum atomic E-state index is 12.4. The van der Waals surface area contributed by atoms with Crippen LogP contribution in [0, 0.1) is 5.41 Å².